The highest BCUT2D eigenvalue weighted by Gasteiger charge is 2.30. The summed E-state index contributed by atoms with van der Waals surface area (Å²) in [6.45, 7) is -1.46. The van der Waals surface area contributed by atoms with Gasteiger partial charge in [0.2, 0.25) is 0 Å². The minimum Gasteiger partial charge on any atom is -0.504 e. The van der Waals surface area contributed by atoms with Gasteiger partial charge in [0.1, 0.15) is 31.0 Å². The van der Waals surface area contributed by atoms with Crippen LogP contribution in [0.3, 0.4) is 0 Å². The van der Waals surface area contributed by atoms with Gasteiger partial charge in [0.05, 0.1) is 19.3 Å². The van der Waals surface area contributed by atoms with Crippen molar-refractivity contribution in [3.63, 3.8) is 0 Å². The number of esters is 1. The number of methoxy groups -OCH3 is 1. The lowest BCUT2D eigenvalue weighted by Crippen LogP contribution is -2.47. The first-order valence-corrected chi connectivity index (χ1v) is 6.69. The molecule has 1 aromatic rings. The van der Waals surface area contributed by atoms with Crippen molar-refractivity contribution in [2.75, 3.05) is 20.3 Å². The molecule has 0 radical (unpaired) electrons. The van der Waals surface area contributed by atoms with Gasteiger partial charge in [-0.25, -0.2) is 4.79 Å². The number of carbonyl (C=O) groups excluding carboxylic acids is 1. The summed E-state index contributed by atoms with van der Waals surface area (Å²) in [5.74, 6) is -0.964. The Hall–Kier alpha value is -1.91. The number of hydrogen-bond acceptors (Lipinski definition) is 9. The highest BCUT2D eigenvalue weighted by atomic mass is 16.5. The average Bonchev–Trinajstić information content (AvgIpc) is 2.57. The maximum atomic E-state index is 11.8. The van der Waals surface area contributed by atoms with Gasteiger partial charge in [-0.1, -0.05) is 0 Å². The van der Waals surface area contributed by atoms with Gasteiger partial charge in [-0.15, -0.1) is 0 Å². The molecule has 1 rings (SSSR count). The number of phenols is 1. The van der Waals surface area contributed by atoms with Crippen LogP contribution in [0, 0.1) is 0 Å². The standard InChI is InChI=1S/C14H20O9/c1-22-11-4-7(2-3-8(11)16)14(21)23-6-10(18)13(20)12(19)9(17)5-15/h2-4,9-10,12-13,15-20H,5-6H2,1H3. The first-order valence-electron chi connectivity index (χ1n) is 6.69. The van der Waals surface area contributed by atoms with E-state index in [2.05, 4.69) is 0 Å². The van der Waals surface area contributed by atoms with Crippen LogP contribution in [0.2, 0.25) is 0 Å². The Balaban J connectivity index is 2.61. The van der Waals surface area contributed by atoms with Crippen LogP contribution in [-0.4, -0.2) is 81.3 Å². The van der Waals surface area contributed by atoms with E-state index >= 15 is 0 Å². The Morgan fingerprint density at radius 1 is 1.13 bits per heavy atom. The molecule has 0 saturated heterocycles. The molecule has 9 nitrogen and oxygen atoms in total. The highest BCUT2D eigenvalue weighted by molar-refractivity contribution is 5.90. The number of aliphatic hydroxyl groups excluding tert-OH is 5. The van der Waals surface area contributed by atoms with Gasteiger partial charge in [-0.3, -0.25) is 0 Å². The smallest absolute Gasteiger partial charge is 0.338 e. The van der Waals surface area contributed by atoms with Crippen molar-refractivity contribution in [1.29, 1.82) is 0 Å². The first-order chi connectivity index (χ1) is 10.8. The summed E-state index contributed by atoms with van der Waals surface area (Å²) in [5.41, 5.74) is 0.0391. The monoisotopic (exact) mass is 332 g/mol. The summed E-state index contributed by atoms with van der Waals surface area (Å²) in [6.07, 6.45) is -6.94. The van der Waals surface area contributed by atoms with Crippen molar-refractivity contribution < 1.29 is 44.9 Å². The van der Waals surface area contributed by atoms with Crippen molar-refractivity contribution in [1.82, 2.24) is 0 Å². The number of aliphatic hydroxyl groups is 5. The molecule has 4 atom stereocenters. The van der Waals surface area contributed by atoms with Crippen molar-refractivity contribution in [3.05, 3.63) is 23.8 Å². The molecule has 23 heavy (non-hydrogen) atoms. The van der Waals surface area contributed by atoms with Gasteiger partial charge in [-0.05, 0) is 18.2 Å². The van der Waals surface area contributed by atoms with Crippen molar-refractivity contribution in [2.45, 2.75) is 24.4 Å². The Labute approximate surface area is 132 Å². The van der Waals surface area contributed by atoms with Gasteiger partial charge >= 0.3 is 5.97 Å². The average molecular weight is 332 g/mol. The molecule has 0 aliphatic carbocycles. The molecule has 9 heteroatoms. The third-order valence-electron chi connectivity index (χ3n) is 3.13. The zero-order valence-corrected chi connectivity index (χ0v) is 12.4. The molecule has 6 N–H and O–H groups in total. The van der Waals surface area contributed by atoms with E-state index in [1.807, 2.05) is 0 Å². The third kappa shape index (κ3) is 5.05. The summed E-state index contributed by atoms with van der Waals surface area (Å²) < 4.78 is 9.61. The molecular weight excluding hydrogens is 312 g/mol. The van der Waals surface area contributed by atoms with Crippen LogP contribution < -0.4 is 4.74 Å². The number of phenolic OH excluding ortho intramolecular Hbond substituents is 1. The predicted molar refractivity (Wildman–Crippen MR) is 76.1 cm³/mol. The number of aromatic hydroxyl groups is 1. The topological polar surface area (TPSA) is 157 Å². The molecule has 130 valence electrons. The number of ether oxygens (including phenoxy) is 2. The predicted octanol–water partition coefficient (Wildman–Crippen LogP) is -2.01. The van der Waals surface area contributed by atoms with Gasteiger partial charge in [0.25, 0.3) is 0 Å². The molecule has 0 saturated carbocycles. The number of rotatable bonds is 8. The van der Waals surface area contributed by atoms with E-state index in [1.165, 1.54) is 25.3 Å². The summed E-state index contributed by atoms with van der Waals surface area (Å²) in [6, 6.07) is 3.72. The maximum absolute atomic E-state index is 11.8. The molecule has 0 spiro atoms. The summed E-state index contributed by atoms with van der Waals surface area (Å²) in [4.78, 5) is 11.8. The highest BCUT2D eigenvalue weighted by Crippen LogP contribution is 2.26. The van der Waals surface area contributed by atoms with Crippen molar-refractivity contribution >= 4 is 5.97 Å². The summed E-state index contributed by atoms with van der Waals surface area (Å²) >= 11 is 0. The second-order valence-electron chi connectivity index (χ2n) is 4.78. The lowest BCUT2D eigenvalue weighted by Gasteiger charge is -2.25. The Bertz CT molecular complexity index is 519. The molecule has 0 aliphatic rings. The molecule has 0 heterocycles. The Morgan fingerprint density at radius 2 is 1.74 bits per heavy atom. The van der Waals surface area contributed by atoms with Crippen LogP contribution in [0.4, 0.5) is 0 Å². The maximum Gasteiger partial charge on any atom is 0.338 e. The van der Waals surface area contributed by atoms with E-state index < -0.39 is 43.6 Å². The van der Waals surface area contributed by atoms with E-state index in [1.54, 1.807) is 0 Å². The molecule has 0 aromatic heterocycles. The van der Waals surface area contributed by atoms with E-state index in [0.29, 0.717) is 0 Å². The fraction of sp³-hybridized carbons (Fsp3) is 0.500. The largest absolute Gasteiger partial charge is 0.504 e. The summed E-state index contributed by atoms with van der Waals surface area (Å²) in [7, 11) is 1.30. The van der Waals surface area contributed by atoms with Crippen molar-refractivity contribution in [3.8, 4) is 11.5 Å². The van der Waals surface area contributed by atoms with E-state index in [-0.39, 0.29) is 17.1 Å². The third-order valence-corrected chi connectivity index (χ3v) is 3.13. The molecular formula is C14H20O9. The molecule has 0 fully saturated rings. The quantitative estimate of drug-likeness (QED) is 0.296. The molecule has 0 aliphatic heterocycles. The zero-order chi connectivity index (χ0) is 17.6. The lowest BCUT2D eigenvalue weighted by atomic mass is 10.0. The van der Waals surface area contributed by atoms with Crippen LogP contribution in [0.25, 0.3) is 0 Å². The minimum atomic E-state index is -1.82. The van der Waals surface area contributed by atoms with Crippen LogP contribution >= 0.6 is 0 Å². The second-order valence-corrected chi connectivity index (χ2v) is 4.78. The van der Waals surface area contributed by atoms with Crippen molar-refractivity contribution in [2.24, 2.45) is 0 Å². The second kappa shape index (κ2) is 8.65. The minimum absolute atomic E-state index is 0.0391. The van der Waals surface area contributed by atoms with Crippen LogP contribution in [0.15, 0.2) is 18.2 Å². The molecule has 1 aromatic carbocycles. The lowest BCUT2D eigenvalue weighted by molar-refractivity contribution is -0.124. The normalized spacial score (nSPS) is 16.3. The number of hydrogen-bond donors (Lipinski definition) is 6. The molecule has 0 bridgehead atoms. The van der Waals surface area contributed by atoms with Crippen LogP contribution in [0.1, 0.15) is 10.4 Å². The zero-order valence-electron chi connectivity index (χ0n) is 12.4. The first kappa shape index (κ1) is 19.1. The van der Waals surface area contributed by atoms with Gasteiger partial charge in [0, 0.05) is 0 Å². The number of benzene rings is 1. The number of carbonyl (C=O) groups is 1. The van der Waals surface area contributed by atoms with E-state index in [9.17, 15) is 25.2 Å². The van der Waals surface area contributed by atoms with E-state index in [4.69, 9.17) is 19.7 Å². The Morgan fingerprint density at radius 3 is 2.30 bits per heavy atom. The van der Waals surface area contributed by atoms with Crippen LogP contribution in [0.5, 0.6) is 11.5 Å². The van der Waals surface area contributed by atoms with Gasteiger partial charge in [-0.2, -0.15) is 0 Å². The molecule has 0 amide bonds. The Kier molecular flexibility index (Phi) is 7.20. The van der Waals surface area contributed by atoms with E-state index in [0.717, 1.165) is 0 Å². The molecule has 4 unspecified atom stereocenters. The van der Waals surface area contributed by atoms with Crippen LogP contribution in [-0.2, 0) is 4.74 Å². The SMILES string of the molecule is COc1cc(C(=O)OCC(O)C(O)C(O)C(O)CO)ccc1O. The van der Waals surface area contributed by atoms with Gasteiger partial charge < -0.3 is 40.1 Å². The fourth-order valence-corrected chi connectivity index (χ4v) is 1.71. The summed E-state index contributed by atoms with van der Waals surface area (Å²) in [5, 5.41) is 55.9. The van der Waals surface area contributed by atoms with Gasteiger partial charge in [0.15, 0.2) is 11.5 Å². The fourth-order valence-electron chi connectivity index (χ4n) is 1.71.